The highest BCUT2D eigenvalue weighted by atomic mass is 16.1. The molecule has 22 heavy (non-hydrogen) atoms. The number of benzene rings is 2. The molecule has 0 aliphatic heterocycles. The number of isocyanates is 1. The highest BCUT2D eigenvalue weighted by Crippen LogP contribution is 2.19. The minimum absolute atomic E-state index is 0.465. The lowest BCUT2D eigenvalue weighted by molar-refractivity contribution is 0.565. The summed E-state index contributed by atoms with van der Waals surface area (Å²) in [5, 5.41) is 0. The van der Waals surface area contributed by atoms with Gasteiger partial charge in [0, 0.05) is 5.69 Å². The molecule has 0 heterocycles. The molecule has 2 aromatic carbocycles. The van der Waals surface area contributed by atoms with E-state index in [1.807, 2.05) is 36.4 Å². The Morgan fingerprint density at radius 3 is 1.91 bits per heavy atom. The Kier molecular flexibility index (Phi) is 7.07. The van der Waals surface area contributed by atoms with Crippen molar-refractivity contribution in [2.75, 3.05) is 5.73 Å². The van der Waals surface area contributed by atoms with Gasteiger partial charge in [0.25, 0.3) is 0 Å². The van der Waals surface area contributed by atoms with Gasteiger partial charge in [-0.1, -0.05) is 52.0 Å². The zero-order valence-corrected chi connectivity index (χ0v) is 13.7. The van der Waals surface area contributed by atoms with E-state index in [4.69, 9.17) is 5.73 Å². The molecule has 2 N–H and O–H groups in total. The average molecular weight is 296 g/mol. The van der Waals surface area contributed by atoms with E-state index in [0.29, 0.717) is 17.5 Å². The molecule has 2 aromatic rings. The van der Waals surface area contributed by atoms with Gasteiger partial charge in [0.15, 0.2) is 0 Å². The van der Waals surface area contributed by atoms with Crippen LogP contribution in [0.1, 0.15) is 50.7 Å². The minimum atomic E-state index is 0.465. The number of hydrogen-bond acceptors (Lipinski definition) is 3. The van der Waals surface area contributed by atoms with Gasteiger partial charge in [-0.25, -0.2) is 4.79 Å². The molecule has 0 fully saturated rings. The molecule has 3 nitrogen and oxygen atoms in total. The Morgan fingerprint density at radius 2 is 1.45 bits per heavy atom. The van der Waals surface area contributed by atoms with E-state index in [1.165, 1.54) is 17.2 Å². The Bertz CT molecular complexity index is 641. The maximum atomic E-state index is 9.96. The van der Waals surface area contributed by atoms with Gasteiger partial charge in [0.05, 0.1) is 5.69 Å². The SMILES string of the molecule is CC(C)c1cccc(N)c1.CC(C)c1cccc(N=C=O)c1. The van der Waals surface area contributed by atoms with E-state index >= 15 is 0 Å². The van der Waals surface area contributed by atoms with Crippen molar-refractivity contribution >= 4 is 17.5 Å². The van der Waals surface area contributed by atoms with Crippen LogP contribution in [0.3, 0.4) is 0 Å². The van der Waals surface area contributed by atoms with Gasteiger partial charge in [0.1, 0.15) is 0 Å². The number of nitrogens with zero attached hydrogens (tertiary/aromatic N) is 1. The molecule has 2 rings (SSSR count). The van der Waals surface area contributed by atoms with Gasteiger partial charge in [-0.2, -0.15) is 4.99 Å². The predicted octanol–water partition coefficient (Wildman–Crippen LogP) is 5.17. The van der Waals surface area contributed by atoms with Crippen LogP contribution in [0.2, 0.25) is 0 Å². The number of nitrogens with two attached hydrogens (primary N) is 1. The molecule has 0 unspecified atom stereocenters. The lowest BCUT2D eigenvalue weighted by Gasteiger charge is -2.04. The molecule has 0 atom stereocenters. The third-order valence-electron chi connectivity index (χ3n) is 3.29. The summed E-state index contributed by atoms with van der Waals surface area (Å²) in [5.74, 6) is 1.04. The zero-order valence-electron chi connectivity index (χ0n) is 13.7. The topological polar surface area (TPSA) is 55.4 Å². The van der Waals surface area contributed by atoms with Crippen LogP contribution in [0.15, 0.2) is 53.5 Å². The molecule has 0 bridgehead atoms. The summed E-state index contributed by atoms with van der Waals surface area (Å²) < 4.78 is 0. The summed E-state index contributed by atoms with van der Waals surface area (Å²) in [6.45, 7) is 8.52. The van der Waals surface area contributed by atoms with Gasteiger partial charge in [-0.05, 0) is 47.2 Å². The molecule has 0 saturated heterocycles. The highest BCUT2D eigenvalue weighted by Gasteiger charge is 1.98. The lowest BCUT2D eigenvalue weighted by atomic mass is 10.0. The summed E-state index contributed by atoms with van der Waals surface area (Å²) in [4.78, 5) is 13.5. The second-order valence-corrected chi connectivity index (χ2v) is 5.78. The van der Waals surface area contributed by atoms with E-state index < -0.39 is 0 Å². The molecular weight excluding hydrogens is 272 g/mol. The number of hydrogen-bond donors (Lipinski definition) is 1. The monoisotopic (exact) mass is 296 g/mol. The lowest BCUT2D eigenvalue weighted by Crippen LogP contribution is -1.89. The molecule has 116 valence electrons. The normalized spacial score (nSPS) is 9.91. The fraction of sp³-hybridized carbons (Fsp3) is 0.316. The predicted molar refractivity (Wildman–Crippen MR) is 93.3 cm³/mol. The van der Waals surface area contributed by atoms with Crippen molar-refractivity contribution in [3.63, 3.8) is 0 Å². The number of rotatable bonds is 3. The smallest absolute Gasteiger partial charge is 0.240 e. The molecular formula is C19H24N2O. The zero-order chi connectivity index (χ0) is 16.5. The quantitative estimate of drug-likeness (QED) is 0.482. The first kappa shape index (κ1) is 17.7. The Hall–Kier alpha value is -2.38. The molecule has 0 aliphatic rings. The van der Waals surface area contributed by atoms with Crippen LogP contribution in [-0.2, 0) is 4.79 Å². The maximum absolute atomic E-state index is 9.96. The molecule has 0 saturated carbocycles. The summed E-state index contributed by atoms with van der Waals surface area (Å²) >= 11 is 0. The second-order valence-electron chi connectivity index (χ2n) is 5.78. The van der Waals surface area contributed by atoms with Gasteiger partial charge in [0.2, 0.25) is 6.08 Å². The third kappa shape index (κ3) is 5.94. The van der Waals surface area contributed by atoms with Crippen molar-refractivity contribution in [1.82, 2.24) is 0 Å². The molecule has 0 amide bonds. The van der Waals surface area contributed by atoms with E-state index in [-0.39, 0.29) is 0 Å². The van der Waals surface area contributed by atoms with E-state index in [1.54, 1.807) is 6.07 Å². The van der Waals surface area contributed by atoms with Gasteiger partial charge in [-0.15, -0.1) is 0 Å². The van der Waals surface area contributed by atoms with Crippen LogP contribution in [0.4, 0.5) is 11.4 Å². The van der Waals surface area contributed by atoms with Crippen LogP contribution in [0.5, 0.6) is 0 Å². The third-order valence-corrected chi connectivity index (χ3v) is 3.29. The first-order chi connectivity index (χ1) is 10.4. The number of aliphatic imine (C=N–C) groups is 1. The minimum Gasteiger partial charge on any atom is -0.399 e. The van der Waals surface area contributed by atoms with Crippen molar-refractivity contribution in [1.29, 1.82) is 0 Å². The van der Waals surface area contributed by atoms with Crippen molar-refractivity contribution in [3.8, 4) is 0 Å². The van der Waals surface area contributed by atoms with Crippen LogP contribution in [-0.4, -0.2) is 6.08 Å². The first-order valence-electron chi connectivity index (χ1n) is 7.47. The van der Waals surface area contributed by atoms with Gasteiger partial charge >= 0.3 is 0 Å². The number of anilines is 1. The largest absolute Gasteiger partial charge is 0.399 e. The Labute approximate surface area is 132 Å². The maximum Gasteiger partial charge on any atom is 0.240 e. The Balaban J connectivity index is 0.000000224. The van der Waals surface area contributed by atoms with Gasteiger partial charge in [-0.3, -0.25) is 0 Å². The molecule has 0 spiro atoms. The average Bonchev–Trinajstić information content (AvgIpc) is 2.48. The summed E-state index contributed by atoms with van der Waals surface area (Å²) in [5.41, 5.74) is 9.62. The number of carbonyl (C=O) groups excluding carboxylic acids is 1. The standard InChI is InChI=1S/C10H11NO.C9H13N/c1-8(2)9-4-3-5-10(6-9)11-7-12;1-7(2)8-4-3-5-9(10)6-8/h3-6,8H,1-2H3;3-7H,10H2,1-2H3. The van der Waals surface area contributed by atoms with E-state index in [9.17, 15) is 4.79 Å². The summed E-state index contributed by atoms with van der Waals surface area (Å²) in [7, 11) is 0. The van der Waals surface area contributed by atoms with Gasteiger partial charge < -0.3 is 5.73 Å². The van der Waals surface area contributed by atoms with Crippen molar-refractivity contribution in [2.45, 2.75) is 39.5 Å². The molecule has 0 radical (unpaired) electrons. The molecule has 0 aromatic heterocycles. The second kappa shape index (κ2) is 8.81. The van der Waals surface area contributed by atoms with E-state index in [2.05, 4.69) is 38.8 Å². The van der Waals surface area contributed by atoms with Crippen molar-refractivity contribution in [3.05, 3.63) is 59.7 Å². The first-order valence-corrected chi connectivity index (χ1v) is 7.47. The van der Waals surface area contributed by atoms with Crippen molar-refractivity contribution in [2.24, 2.45) is 4.99 Å². The molecule has 3 heteroatoms. The summed E-state index contributed by atoms with van der Waals surface area (Å²) in [6, 6.07) is 15.6. The summed E-state index contributed by atoms with van der Waals surface area (Å²) in [6.07, 6.45) is 1.53. The highest BCUT2D eigenvalue weighted by molar-refractivity contribution is 5.50. The van der Waals surface area contributed by atoms with Crippen LogP contribution < -0.4 is 5.73 Å². The number of nitrogen functional groups attached to an aromatic ring is 1. The van der Waals surface area contributed by atoms with Crippen LogP contribution in [0, 0.1) is 0 Å². The van der Waals surface area contributed by atoms with Crippen LogP contribution >= 0.6 is 0 Å². The van der Waals surface area contributed by atoms with Crippen LogP contribution in [0.25, 0.3) is 0 Å². The molecule has 0 aliphatic carbocycles. The fourth-order valence-electron chi connectivity index (χ4n) is 1.92. The fourth-order valence-corrected chi connectivity index (χ4v) is 1.92. The van der Waals surface area contributed by atoms with Crippen molar-refractivity contribution < 1.29 is 4.79 Å². The van der Waals surface area contributed by atoms with E-state index in [0.717, 1.165) is 5.69 Å². The Morgan fingerprint density at radius 1 is 0.909 bits per heavy atom.